The highest BCUT2D eigenvalue weighted by Gasteiger charge is 2.27. The third-order valence-corrected chi connectivity index (χ3v) is 3.51. The summed E-state index contributed by atoms with van der Waals surface area (Å²) in [6.07, 6.45) is -0.837. The first-order chi connectivity index (χ1) is 10.8. The van der Waals surface area contributed by atoms with E-state index in [-0.39, 0.29) is 31.3 Å². The summed E-state index contributed by atoms with van der Waals surface area (Å²) in [4.78, 5) is 11.9. The second-order valence-corrected chi connectivity index (χ2v) is 6.57. The van der Waals surface area contributed by atoms with Gasteiger partial charge in [0.05, 0.1) is 6.04 Å². The lowest BCUT2D eigenvalue weighted by Crippen LogP contribution is -2.50. The number of rotatable bonds is 6. The molecule has 4 N–H and O–H groups in total. The smallest absolute Gasteiger partial charge is 0.237 e. The second-order valence-electron chi connectivity index (χ2n) is 6.57. The summed E-state index contributed by atoms with van der Waals surface area (Å²) in [6, 6.07) is 4.54. The van der Waals surface area contributed by atoms with Crippen molar-refractivity contribution in [1.82, 2.24) is 5.32 Å². The summed E-state index contributed by atoms with van der Waals surface area (Å²) in [5.74, 6) is 1.55. The zero-order valence-electron chi connectivity index (χ0n) is 13.7. The summed E-state index contributed by atoms with van der Waals surface area (Å²) < 4.78 is 15.9. The monoisotopic (exact) mass is 324 g/mol. The van der Waals surface area contributed by atoms with Crippen molar-refractivity contribution in [2.75, 3.05) is 19.9 Å². The Morgan fingerprint density at radius 2 is 2.09 bits per heavy atom. The molecule has 1 amide bonds. The SMILES string of the molecule is CC(C)(C)[C@H](N)C(=O)NCC(O)COc1ccc2c(c1)OCO2. The van der Waals surface area contributed by atoms with E-state index in [1.807, 2.05) is 20.8 Å². The van der Waals surface area contributed by atoms with E-state index >= 15 is 0 Å². The van der Waals surface area contributed by atoms with Gasteiger partial charge in [-0.1, -0.05) is 20.8 Å². The van der Waals surface area contributed by atoms with E-state index in [1.165, 1.54) is 0 Å². The van der Waals surface area contributed by atoms with E-state index in [1.54, 1.807) is 18.2 Å². The van der Waals surface area contributed by atoms with E-state index in [4.69, 9.17) is 19.9 Å². The first kappa shape index (κ1) is 17.4. The van der Waals surface area contributed by atoms with Crippen LogP contribution in [0.5, 0.6) is 17.2 Å². The Labute approximate surface area is 135 Å². The summed E-state index contributed by atoms with van der Waals surface area (Å²) in [6.45, 7) is 5.97. The molecule has 0 aliphatic carbocycles. The lowest BCUT2D eigenvalue weighted by Gasteiger charge is -2.26. The van der Waals surface area contributed by atoms with Gasteiger partial charge >= 0.3 is 0 Å². The first-order valence-corrected chi connectivity index (χ1v) is 7.51. The van der Waals surface area contributed by atoms with Gasteiger partial charge < -0.3 is 30.4 Å². The highest BCUT2D eigenvalue weighted by atomic mass is 16.7. The fraction of sp³-hybridized carbons (Fsp3) is 0.562. The highest BCUT2D eigenvalue weighted by molar-refractivity contribution is 5.82. The molecule has 1 aromatic rings. The van der Waals surface area contributed by atoms with E-state index in [0.717, 1.165) is 0 Å². The van der Waals surface area contributed by atoms with Gasteiger partial charge in [0.1, 0.15) is 18.5 Å². The molecule has 1 aliphatic rings. The quantitative estimate of drug-likeness (QED) is 0.710. The zero-order valence-corrected chi connectivity index (χ0v) is 13.7. The molecule has 0 aromatic heterocycles. The van der Waals surface area contributed by atoms with Crippen LogP contribution in [0.1, 0.15) is 20.8 Å². The van der Waals surface area contributed by atoms with Crippen LogP contribution < -0.4 is 25.3 Å². The second kappa shape index (κ2) is 7.06. The number of nitrogens with two attached hydrogens (primary N) is 1. The molecule has 23 heavy (non-hydrogen) atoms. The zero-order chi connectivity index (χ0) is 17.0. The molecule has 1 aliphatic heterocycles. The Morgan fingerprint density at radius 1 is 1.39 bits per heavy atom. The molecular formula is C16H24N2O5. The van der Waals surface area contributed by atoms with E-state index in [2.05, 4.69) is 5.32 Å². The van der Waals surface area contributed by atoms with Gasteiger partial charge in [-0.15, -0.1) is 0 Å². The van der Waals surface area contributed by atoms with E-state index in [9.17, 15) is 9.90 Å². The van der Waals surface area contributed by atoms with E-state index < -0.39 is 12.1 Å². The van der Waals surface area contributed by atoms with Crippen molar-refractivity contribution in [2.24, 2.45) is 11.1 Å². The summed E-state index contributed by atoms with van der Waals surface area (Å²) >= 11 is 0. The van der Waals surface area contributed by atoms with Crippen LogP contribution in [-0.2, 0) is 4.79 Å². The molecule has 0 bridgehead atoms. The number of carbonyl (C=O) groups excluding carboxylic acids is 1. The number of fused-ring (bicyclic) bond motifs is 1. The minimum absolute atomic E-state index is 0.0463. The molecule has 0 spiro atoms. The number of benzene rings is 1. The van der Waals surface area contributed by atoms with E-state index in [0.29, 0.717) is 17.2 Å². The summed E-state index contributed by atoms with van der Waals surface area (Å²) in [7, 11) is 0. The fourth-order valence-electron chi connectivity index (χ4n) is 1.94. The highest BCUT2D eigenvalue weighted by Crippen LogP contribution is 2.35. The van der Waals surface area contributed by atoms with Crippen molar-refractivity contribution in [2.45, 2.75) is 32.9 Å². The Hall–Kier alpha value is -1.99. The number of aliphatic hydroxyl groups excluding tert-OH is 1. The van der Waals surface area contributed by atoms with Gasteiger partial charge in [0.25, 0.3) is 0 Å². The van der Waals surface area contributed by atoms with Gasteiger partial charge in [0, 0.05) is 12.6 Å². The number of carbonyl (C=O) groups is 1. The molecule has 7 nitrogen and oxygen atoms in total. The van der Waals surface area contributed by atoms with Crippen molar-refractivity contribution in [3.63, 3.8) is 0 Å². The minimum Gasteiger partial charge on any atom is -0.491 e. The number of amides is 1. The van der Waals surface area contributed by atoms with Crippen LogP contribution >= 0.6 is 0 Å². The molecule has 2 rings (SSSR count). The largest absolute Gasteiger partial charge is 0.491 e. The maximum absolute atomic E-state index is 11.9. The third-order valence-electron chi connectivity index (χ3n) is 3.51. The number of hydrogen-bond acceptors (Lipinski definition) is 6. The average Bonchev–Trinajstić information content (AvgIpc) is 2.96. The average molecular weight is 324 g/mol. The third kappa shape index (κ3) is 4.74. The molecule has 0 saturated carbocycles. The minimum atomic E-state index is -0.837. The Morgan fingerprint density at radius 3 is 2.78 bits per heavy atom. The van der Waals surface area contributed by atoms with Crippen LogP contribution in [-0.4, -0.2) is 43.1 Å². The predicted octanol–water partition coefficient (Wildman–Crippen LogP) is 0.645. The van der Waals surface area contributed by atoms with Crippen molar-refractivity contribution in [3.8, 4) is 17.2 Å². The molecule has 7 heteroatoms. The Bertz CT molecular complexity index is 556. The molecule has 0 fully saturated rings. The maximum atomic E-state index is 11.9. The molecule has 0 saturated heterocycles. The Balaban J connectivity index is 1.75. The van der Waals surface area contributed by atoms with Crippen molar-refractivity contribution < 1.29 is 24.1 Å². The molecular weight excluding hydrogens is 300 g/mol. The Kier molecular flexibility index (Phi) is 5.33. The first-order valence-electron chi connectivity index (χ1n) is 7.51. The van der Waals surface area contributed by atoms with Crippen LogP contribution in [0.25, 0.3) is 0 Å². The number of hydrogen-bond donors (Lipinski definition) is 3. The number of ether oxygens (including phenoxy) is 3. The van der Waals surface area contributed by atoms with Crippen molar-refractivity contribution >= 4 is 5.91 Å². The van der Waals surface area contributed by atoms with Gasteiger partial charge in [0.15, 0.2) is 11.5 Å². The van der Waals surface area contributed by atoms with Crippen molar-refractivity contribution in [3.05, 3.63) is 18.2 Å². The van der Waals surface area contributed by atoms with Crippen LogP contribution in [0, 0.1) is 5.41 Å². The van der Waals surface area contributed by atoms with Crippen LogP contribution in [0.4, 0.5) is 0 Å². The van der Waals surface area contributed by atoms with Crippen molar-refractivity contribution in [1.29, 1.82) is 0 Å². The molecule has 2 atom stereocenters. The van der Waals surface area contributed by atoms with Gasteiger partial charge in [0.2, 0.25) is 12.7 Å². The molecule has 0 radical (unpaired) electrons. The lowest BCUT2D eigenvalue weighted by molar-refractivity contribution is -0.125. The van der Waals surface area contributed by atoms with Gasteiger partial charge in [-0.05, 0) is 17.5 Å². The molecule has 1 aromatic carbocycles. The standard InChI is InChI=1S/C16H24N2O5/c1-16(2,3)14(17)15(20)18-7-10(19)8-21-11-4-5-12-13(6-11)23-9-22-12/h4-6,10,14,19H,7-9,17H2,1-3H3,(H,18,20)/t10?,14-/m1/s1. The van der Waals surface area contributed by atoms with Gasteiger partial charge in [-0.2, -0.15) is 0 Å². The summed E-state index contributed by atoms with van der Waals surface area (Å²) in [5.41, 5.74) is 5.51. The molecule has 1 unspecified atom stereocenters. The molecule has 1 heterocycles. The fourth-order valence-corrected chi connectivity index (χ4v) is 1.94. The molecule has 128 valence electrons. The van der Waals surface area contributed by atoms with Crippen LogP contribution in [0.2, 0.25) is 0 Å². The summed E-state index contributed by atoms with van der Waals surface area (Å²) in [5, 5.41) is 12.5. The lowest BCUT2D eigenvalue weighted by atomic mass is 9.87. The maximum Gasteiger partial charge on any atom is 0.237 e. The predicted molar refractivity (Wildman–Crippen MR) is 84.5 cm³/mol. The van der Waals surface area contributed by atoms with Crippen LogP contribution in [0.15, 0.2) is 18.2 Å². The van der Waals surface area contributed by atoms with Gasteiger partial charge in [-0.3, -0.25) is 4.79 Å². The number of nitrogens with one attached hydrogen (secondary N) is 1. The normalized spacial score (nSPS) is 15.9. The van der Waals surface area contributed by atoms with Crippen LogP contribution in [0.3, 0.4) is 0 Å². The van der Waals surface area contributed by atoms with Gasteiger partial charge in [-0.25, -0.2) is 0 Å². The topological polar surface area (TPSA) is 103 Å². The number of aliphatic hydroxyl groups is 1.